The molecule has 0 bridgehead atoms. The molecule has 3 heteroatoms. The van der Waals surface area contributed by atoms with Gasteiger partial charge in [0.2, 0.25) is 7.37 Å². The Hall–Kier alpha value is 0.190. The minimum atomic E-state index is -2.25. The molecule has 0 N–H and O–H groups in total. The van der Waals surface area contributed by atoms with Gasteiger partial charge in [-0.2, -0.15) is 0 Å². The smallest absolute Gasteiger partial charge is 0.202 e. The zero-order valence-electron chi connectivity index (χ0n) is 9.21. The summed E-state index contributed by atoms with van der Waals surface area (Å²) in [7, 11) is -2.25. The van der Waals surface area contributed by atoms with E-state index in [1.54, 1.807) is 0 Å². The summed E-state index contributed by atoms with van der Waals surface area (Å²) < 4.78 is 17.5. The molecule has 0 rings (SSSR count). The molecule has 2 nitrogen and oxygen atoms in total. The first-order valence-electron chi connectivity index (χ1n) is 5.41. The molecule has 0 aliphatic rings. The topological polar surface area (TPSA) is 26.3 Å². The standard InChI is InChI=1S/C10H23O2P/c1-4-7-9-12-13(11,6-3)10-8-5-2/h4-10H2,1-3H3. The van der Waals surface area contributed by atoms with E-state index in [-0.39, 0.29) is 0 Å². The molecule has 13 heavy (non-hydrogen) atoms. The van der Waals surface area contributed by atoms with Gasteiger partial charge in [0.05, 0.1) is 6.61 Å². The SMILES string of the molecule is CCCCOP(=O)(CC)CCCC. The molecule has 80 valence electrons. The Labute approximate surface area is 82.5 Å². The predicted octanol–water partition coefficient (Wildman–Crippen LogP) is 3.90. The van der Waals surface area contributed by atoms with Crippen molar-refractivity contribution in [2.75, 3.05) is 18.9 Å². The van der Waals surface area contributed by atoms with E-state index >= 15 is 0 Å². The van der Waals surface area contributed by atoms with Gasteiger partial charge < -0.3 is 4.52 Å². The van der Waals surface area contributed by atoms with Gasteiger partial charge in [-0.1, -0.05) is 33.6 Å². The van der Waals surface area contributed by atoms with Crippen molar-refractivity contribution in [3.63, 3.8) is 0 Å². The quantitative estimate of drug-likeness (QED) is 0.444. The monoisotopic (exact) mass is 206 g/mol. The van der Waals surface area contributed by atoms with Crippen LogP contribution in [-0.4, -0.2) is 18.9 Å². The van der Waals surface area contributed by atoms with Gasteiger partial charge in [0.1, 0.15) is 0 Å². The Bertz CT molecular complexity index is 157. The van der Waals surface area contributed by atoms with E-state index in [9.17, 15) is 4.57 Å². The Kier molecular flexibility index (Phi) is 7.69. The van der Waals surface area contributed by atoms with Crippen molar-refractivity contribution >= 4 is 7.37 Å². The second-order valence-electron chi connectivity index (χ2n) is 3.39. The van der Waals surface area contributed by atoms with E-state index in [4.69, 9.17) is 4.52 Å². The summed E-state index contributed by atoms with van der Waals surface area (Å²) in [5, 5.41) is 0. The molecule has 1 unspecified atom stereocenters. The van der Waals surface area contributed by atoms with Crippen molar-refractivity contribution in [3.05, 3.63) is 0 Å². The first-order valence-corrected chi connectivity index (χ1v) is 7.40. The lowest BCUT2D eigenvalue weighted by Gasteiger charge is -2.16. The van der Waals surface area contributed by atoms with E-state index < -0.39 is 7.37 Å². The van der Waals surface area contributed by atoms with Gasteiger partial charge in [-0.25, -0.2) is 0 Å². The first kappa shape index (κ1) is 13.2. The minimum absolute atomic E-state index is 0.672. The third-order valence-electron chi connectivity index (χ3n) is 2.16. The van der Waals surface area contributed by atoms with Crippen LogP contribution in [0.3, 0.4) is 0 Å². The van der Waals surface area contributed by atoms with Crippen molar-refractivity contribution < 1.29 is 9.09 Å². The molecule has 0 aliphatic carbocycles. The highest BCUT2D eigenvalue weighted by atomic mass is 31.2. The van der Waals surface area contributed by atoms with Crippen LogP contribution in [0.25, 0.3) is 0 Å². The number of hydrogen-bond donors (Lipinski definition) is 0. The fraction of sp³-hybridized carbons (Fsp3) is 1.00. The van der Waals surface area contributed by atoms with Gasteiger partial charge in [0.15, 0.2) is 0 Å². The number of rotatable bonds is 8. The Morgan fingerprint density at radius 3 is 2.15 bits per heavy atom. The van der Waals surface area contributed by atoms with Crippen molar-refractivity contribution in [1.29, 1.82) is 0 Å². The molecular formula is C10H23O2P. The number of hydrogen-bond acceptors (Lipinski definition) is 2. The second kappa shape index (κ2) is 7.58. The van der Waals surface area contributed by atoms with Gasteiger partial charge in [-0.15, -0.1) is 0 Å². The zero-order valence-corrected chi connectivity index (χ0v) is 10.1. The average Bonchev–Trinajstić information content (AvgIpc) is 2.15. The van der Waals surface area contributed by atoms with Crippen molar-refractivity contribution in [1.82, 2.24) is 0 Å². The predicted molar refractivity (Wildman–Crippen MR) is 58.8 cm³/mol. The zero-order chi connectivity index (χ0) is 10.2. The van der Waals surface area contributed by atoms with Crippen LogP contribution in [0.2, 0.25) is 0 Å². The molecule has 0 aliphatic heterocycles. The molecule has 0 amide bonds. The van der Waals surface area contributed by atoms with Gasteiger partial charge >= 0.3 is 0 Å². The Balaban J connectivity index is 3.75. The first-order chi connectivity index (χ1) is 6.18. The molecular weight excluding hydrogens is 183 g/mol. The molecule has 0 saturated carbocycles. The molecule has 0 aromatic heterocycles. The second-order valence-corrected chi connectivity index (χ2v) is 6.36. The van der Waals surface area contributed by atoms with Gasteiger partial charge in [-0.05, 0) is 12.8 Å². The highest BCUT2D eigenvalue weighted by Gasteiger charge is 2.18. The van der Waals surface area contributed by atoms with Crippen molar-refractivity contribution in [2.45, 2.75) is 46.5 Å². The highest BCUT2D eigenvalue weighted by molar-refractivity contribution is 7.58. The van der Waals surface area contributed by atoms with E-state index in [0.29, 0.717) is 12.8 Å². The summed E-state index contributed by atoms with van der Waals surface area (Å²) in [6.07, 6.45) is 5.71. The van der Waals surface area contributed by atoms with Crippen LogP contribution < -0.4 is 0 Å². The summed E-state index contributed by atoms with van der Waals surface area (Å²) in [5.41, 5.74) is 0. The molecule has 0 spiro atoms. The van der Waals surface area contributed by atoms with Crippen molar-refractivity contribution in [2.24, 2.45) is 0 Å². The van der Waals surface area contributed by atoms with Gasteiger partial charge in [0.25, 0.3) is 0 Å². The fourth-order valence-electron chi connectivity index (χ4n) is 1.09. The van der Waals surface area contributed by atoms with Crippen LogP contribution in [0.5, 0.6) is 0 Å². The third kappa shape index (κ3) is 6.29. The van der Waals surface area contributed by atoms with Crippen LogP contribution in [-0.2, 0) is 9.09 Å². The molecule has 0 heterocycles. The maximum absolute atomic E-state index is 12.0. The fourth-order valence-corrected chi connectivity index (χ4v) is 2.98. The normalized spacial score (nSPS) is 15.6. The molecule has 0 aromatic rings. The molecule has 0 fully saturated rings. The van der Waals surface area contributed by atoms with E-state index in [0.717, 1.165) is 31.8 Å². The van der Waals surface area contributed by atoms with Crippen molar-refractivity contribution in [3.8, 4) is 0 Å². The van der Waals surface area contributed by atoms with E-state index in [1.807, 2.05) is 6.92 Å². The largest absolute Gasteiger partial charge is 0.328 e. The molecule has 0 saturated heterocycles. The maximum Gasteiger partial charge on any atom is 0.202 e. The van der Waals surface area contributed by atoms with Gasteiger partial charge in [0, 0.05) is 12.3 Å². The minimum Gasteiger partial charge on any atom is -0.328 e. The third-order valence-corrected chi connectivity index (χ3v) is 4.77. The Morgan fingerprint density at radius 1 is 1.08 bits per heavy atom. The van der Waals surface area contributed by atoms with Gasteiger partial charge in [-0.3, -0.25) is 4.57 Å². The van der Waals surface area contributed by atoms with Crippen LogP contribution in [0.4, 0.5) is 0 Å². The summed E-state index contributed by atoms with van der Waals surface area (Å²) in [6.45, 7) is 6.87. The summed E-state index contributed by atoms with van der Waals surface area (Å²) >= 11 is 0. The molecule has 0 radical (unpaired) electrons. The van der Waals surface area contributed by atoms with Crippen LogP contribution in [0.15, 0.2) is 0 Å². The summed E-state index contributed by atoms with van der Waals surface area (Å²) in [6, 6.07) is 0. The van der Waals surface area contributed by atoms with E-state index in [1.165, 1.54) is 0 Å². The lowest BCUT2D eigenvalue weighted by molar-refractivity contribution is 0.306. The molecule has 1 atom stereocenters. The lowest BCUT2D eigenvalue weighted by Crippen LogP contribution is -1.99. The summed E-state index contributed by atoms with van der Waals surface area (Å²) in [4.78, 5) is 0. The van der Waals surface area contributed by atoms with Crippen LogP contribution in [0, 0.1) is 0 Å². The lowest BCUT2D eigenvalue weighted by atomic mass is 10.4. The van der Waals surface area contributed by atoms with Crippen LogP contribution in [0.1, 0.15) is 46.5 Å². The van der Waals surface area contributed by atoms with E-state index in [2.05, 4.69) is 13.8 Å². The van der Waals surface area contributed by atoms with Crippen LogP contribution >= 0.6 is 7.37 Å². The molecule has 0 aromatic carbocycles. The number of unbranched alkanes of at least 4 members (excludes halogenated alkanes) is 2. The Morgan fingerprint density at radius 2 is 1.69 bits per heavy atom. The highest BCUT2D eigenvalue weighted by Crippen LogP contribution is 2.47. The average molecular weight is 206 g/mol. The maximum atomic E-state index is 12.0. The summed E-state index contributed by atoms with van der Waals surface area (Å²) in [5.74, 6) is 0.